The summed E-state index contributed by atoms with van der Waals surface area (Å²) in [5.74, 6) is -30.6. The van der Waals surface area contributed by atoms with E-state index in [-0.39, 0.29) is 0 Å². The van der Waals surface area contributed by atoms with Gasteiger partial charge in [0.1, 0.15) is 0 Å². The Balaban J connectivity index is 5.90. The first-order valence-corrected chi connectivity index (χ1v) is 4.22. The standard InChI is InChI=1S/C6HF9NO2S/c7-1(17)3(8,9)5(12,13)6(14,15)4(10,11)2(18)16-19/h(H,16,18). The van der Waals surface area contributed by atoms with Crippen molar-refractivity contribution in [2.24, 2.45) is 0 Å². The van der Waals surface area contributed by atoms with Crippen LogP contribution in [-0.2, 0) is 9.59 Å². The molecule has 0 saturated carbocycles. The van der Waals surface area contributed by atoms with E-state index in [4.69, 9.17) is 0 Å². The molecule has 0 aliphatic rings. The quantitative estimate of drug-likeness (QED) is 0.623. The fraction of sp³-hybridized carbons (Fsp3) is 0.667. The van der Waals surface area contributed by atoms with E-state index in [1.807, 2.05) is 0 Å². The van der Waals surface area contributed by atoms with Crippen molar-refractivity contribution in [1.29, 1.82) is 0 Å². The second kappa shape index (κ2) is 4.76. The summed E-state index contributed by atoms with van der Waals surface area (Å²) in [4.78, 5) is 19.8. The summed E-state index contributed by atoms with van der Waals surface area (Å²) in [6.07, 6.45) is 0. The van der Waals surface area contributed by atoms with Gasteiger partial charge in [-0.1, -0.05) is 0 Å². The molecule has 1 N–H and O–H groups in total. The Bertz CT molecular complexity index is 396. The molecule has 3 nitrogen and oxygen atoms in total. The smallest absolute Gasteiger partial charge is 0.284 e. The minimum absolute atomic E-state index is 0.422. The van der Waals surface area contributed by atoms with Crippen molar-refractivity contribution in [3.05, 3.63) is 0 Å². The van der Waals surface area contributed by atoms with E-state index < -0.39 is 35.6 Å². The lowest BCUT2D eigenvalue weighted by atomic mass is 9.98. The fourth-order valence-electron chi connectivity index (χ4n) is 0.724. The molecule has 0 rings (SSSR count). The molecular weight excluding hydrogens is 321 g/mol. The maximum atomic E-state index is 12.7. The Labute approximate surface area is 103 Å². The summed E-state index contributed by atoms with van der Waals surface area (Å²) in [5, 5.41) is 0. The number of halogens is 9. The maximum Gasteiger partial charge on any atom is 0.404 e. The molecule has 0 bridgehead atoms. The molecule has 0 aromatic heterocycles. The van der Waals surface area contributed by atoms with Gasteiger partial charge in [0.25, 0.3) is 0 Å². The van der Waals surface area contributed by atoms with Crippen LogP contribution < -0.4 is 4.72 Å². The predicted molar refractivity (Wildman–Crippen MR) is 41.6 cm³/mol. The Morgan fingerprint density at radius 1 is 0.789 bits per heavy atom. The van der Waals surface area contributed by atoms with Crippen molar-refractivity contribution in [3.63, 3.8) is 0 Å². The lowest BCUT2D eigenvalue weighted by Crippen LogP contribution is -2.67. The summed E-state index contributed by atoms with van der Waals surface area (Å²) in [7, 11) is 0. The molecule has 0 spiro atoms. The molecule has 0 aliphatic carbocycles. The van der Waals surface area contributed by atoms with Gasteiger partial charge in [-0.3, -0.25) is 14.3 Å². The molecule has 0 fully saturated rings. The summed E-state index contributed by atoms with van der Waals surface area (Å²) >= 11 is 3.37. The highest BCUT2D eigenvalue weighted by Crippen LogP contribution is 2.53. The van der Waals surface area contributed by atoms with Gasteiger partial charge in [0.2, 0.25) is 0 Å². The third-order valence-electron chi connectivity index (χ3n) is 1.81. The summed E-state index contributed by atoms with van der Waals surface area (Å²) < 4.78 is 112. The number of amides is 1. The predicted octanol–water partition coefficient (Wildman–Crippen LogP) is 2.25. The lowest BCUT2D eigenvalue weighted by molar-refractivity contribution is -0.348. The van der Waals surface area contributed by atoms with Crippen molar-refractivity contribution < 1.29 is 49.1 Å². The number of hydrogen-bond acceptors (Lipinski definition) is 2. The molecular formula is C6HF9NO2S. The van der Waals surface area contributed by atoms with Gasteiger partial charge in [-0.25, -0.2) is 0 Å². The Morgan fingerprint density at radius 2 is 1.11 bits per heavy atom. The summed E-state index contributed by atoms with van der Waals surface area (Å²) in [5.41, 5.74) is 0. The van der Waals surface area contributed by atoms with Crippen molar-refractivity contribution in [2.45, 2.75) is 23.7 Å². The first-order chi connectivity index (χ1) is 8.17. The van der Waals surface area contributed by atoms with Gasteiger partial charge in [-0.15, -0.1) is 0 Å². The first-order valence-electron chi connectivity index (χ1n) is 3.81. The third-order valence-corrected chi connectivity index (χ3v) is 1.99. The highest BCUT2D eigenvalue weighted by Gasteiger charge is 2.84. The van der Waals surface area contributed by atoms with Crippen LogP contribution in [0.4, 0.5) is 39.5 Å². The van der Waals surface area contributed by atoms with Gasteiger partial charge in [0.05, 0.1) is 0 Å². The van der Waals surface area contributed by atoms with Crippen LogP contribution in [0.1, 0.15) is 0 Å². The molecule has 0 heterocycles. The maximum absolute atomic E-state index is 12.7. The Morgan fingerprint density at radius 3 is 1.37 bits per heavy atom. The van der Waals surface area contributed by atoms with Crippen molar-refractivity contribution in [2.75, 3.05) is 0 Å². The van der Waals surface area contributed by atoms with Gasteiger partial charge in [-0.2, -0.15) is 39.5 Å². The number of alkyl halides is 8. The van der Waals surface area contributed by atoms with E-state index in [0.717, 1.165) is 0 Å². The van der Waals surface area contributed by atoms with Crippen LogP contribution in [0.2, 0.25) is 0 Å². The Hall–Kier alpha value is -1.14. The zero-order chi connectivity index (χ0) is 15.9. The van der Waals surface area contributed by atoms with E-state index in [1.54, 1.807) is 0 Å². The van der Waals surface area contributed by atoms with Gasteiger partial charge in [0, 0.05) is 12.8 Å². The zero-order valence-corrected chi connectivity index (χ0v) is 8.94. The minimum Gasteiger partial charge on any atom is -0.284 e. The minimum atomic E-state index is -7.17. The van der Waals surface area contributed by atoms with Gasteiger partial charge in [-0.05, 0) is 0 Å². The summed E-state index contributed by atoms with van der Waals surface area (Å²) in [6.45, 7) is 0. The number of carbonyl (C=O) groups excluding carboxylic acids is 2. The number of rotatable bonds is 5. The molecule has 1 amide bonds. The monoisotopic (exact) mass is 322 g/mol. The first kappa shape index (κ1) is 17.9. The fourth-order valence-corrected chi connectivity index (χ4v) is 0.853. The van der Waals surface area contributed by atoms with Gasteiger partial charge in [0.15, 0.2) is 0 Å². The summed E-state index contributed by atoms with van der Waals surface area (Å²) in [6, 6.07) is -4.27. The second-order valence-corrected chi connectivity index (χ2v) is 3.21. The highest BCUT2D eigenvalue weighted by molar-refractivity contribution is 7.78. The van der Waals surface area contributed by atoms with Gasteiger partial charge >= 0.3 is 35.6 Å². The van der Waals surface area contributed by atoms with E-state index in [2.05, 4.69) is 12.8 Å². The van der Waals surface area contributed by atoms with Crippen LogP contribution in [0.3, 0.4) is 0 Å². The molecule has 19 heavy (non-hydrogen) atoms. The lowest BCUT2D eigenvalue weighted by Gasteiger charge is -2.33. The Kier molecular flexibility index (Phi) is 4.47. The van der Waals surface area contributed by atoms with Gasteiger partial charge < -0.3 is 0 Å². The normalized spacial score (nSPS) is 14.2. The van der Waals surface area contributed by atoms with E-state index >= 15 is 0 Å². The number of nitrogens with one attached hydrogen (secondary N) is 1. The van der Waals surface area contributed by atoms with Crippen molar-refractivity contribution >= 4 is 24.8 Å². The molecule has 0 atom stereocenters. The third kappa shape index (κ3) is 2.34. The van der Waals surface area contributed by atoms with Crippen LogP contribution >= 0.6 is 12.8 Å². The van der Waals surface area contributed by atoms with Crippen LogP contribution in [0.5, 0.6) is 0 Å². The van der Waals surface area contributed by atoms with Crippen molar-refractivity contribution in [3.8, 4) is 0 Å². The average molecular weight is 322 g/mol. The highest BCUT2D eigenvalue weighted by atomic mass is 32.1. The largest absolute Gasteiger partial charge is 0.404 e. The average Bonchev–Trinajstić information content (AvgIpc) is 2.26. The van der Waals surface area contributed by atoms with Crippen molar-refractivity contribution in [1.82, 2.24) is 4.72 Å². The topological polar surface area (TPSA) is 46.2 Å². The number of carbonyl (C=O) groups is 2. The molecule has 111 valence electrons. The van der Waals surface area contributed by atoms with E-state index in [1.165, 1.54) is 0 Å². The molecule has 0 unspecified atom stereocenters. The molecule has 1 radical (unpaired) electrons. The second-order valence-electron chi connectivity index (χ2n) is 3.00. The molecule has 13 heteroatoms. The molecule has 0 aromatic rings. The molecule has 0 aliphatic heterocycles. The van der Waals surface area contributed by atoms with Crippen LogP contribution in [0, 0.1) is 0 Å². The van der Waals surface area contributed by atoms with E-state index in [9.17, 15) is 49.1 Å². The van der Waals surface area contributed by atoms with E-state index in [0.29, 0.717) is 4.72 Å². The molecule has 0 aromatic carbocycles. The zero-order valence-electron chi connectivity index (χ0n) is 8.13. The SMILES string of the molecule is O=C(F)C(F)(F)C(F)(F)C(F)(F)C(F)(F)C(=O)N[S]. The number of hydrogen-bond donors (Lipinski definition) is 1. The van der Waals surface area contributed by atoms with Crippen LogP contribution in [0.25, 0.3) is 0 Å². The van der Waals surface area contributed by atoms with Crippen LogP contribution in [0.15, 0.2) is 0 Å². The molecule has 0 saturated heterocycles. The van der Waals surface area contributed by atoms with Crippen LogP contribution in [-0.4, -0.2) is 35.6 Å².